The summed E-state index contributed by atoms with van der Waals surface area (Å²) < 4.78 is 0. The smallest absolute Gasteiger partial charge is 0.267 e. The second-order valence-corrected chi connectivity index (χ2v) is 5.41. The van der Waals surface area contributed by atoms with Crippen LogP contribution in [-0.2, 0) is 0 Å². The number of amides is 1. The summed E-state index contributed by atoms with van der Waals surface area (Å²) >= 11 is 1.60. The van der Waals surface area contributed by atoms with Gasteiger partial charge < -0.3 is 0 Å². The molecule has 0 bridgehead atoms. The molecule has 0 aliphatic rings. The van der Waals surface area contributed by atoms with Crippen LogP contribution >= 0.6 is 11.3 Å². The zero-order valence-corrected chi connectivity index (χ0v) is 12.0. The van der Waals surface area contributed by atoms with Crippen molar-refractivity contribution in [2.45, 2.75) is 20.8 Å². The lowest BCUT2D eigenvalue weighted by Gasteiger charge is -2.03. The van der Waals surface area contributed by atoms with Gasteiger partial charge in [0, 0.05) is 10.4 Å². The lowest BCUT2D eigenvalue weighted by atomic mass is 10.1. The molecule has 0 saturated heterocycles. The van der Waals surface area contributed by atoms with Crippen LogP contribution < -0.4 is 5.43 Å². The van der Waals surface area contributed by atoms with E-state index in [0.29, 0.717) is 5.56 Å². The minimum atomic E-state index is -0.187. The average molecular weight is 272 g/mol. The van der Waals surface area contributed by atoms with Crippen molar-refractivity contribution in [2.75, 3.05) is 0 Å². The molecule has 0 aliphatic heterocycles. The summed E-state index contributed by atoms with van der Waals surface area (Å²) in [5.41, 5.74) is 6.62. The predicted molar refractivity (Wildman–Crippen MR) is 80.0 cm³/mol. The Morgan fingerprint density at radius 2 is 1.95 bits per heavy atom. The van der Waals surface area contributed by atoms with Crippen LogP contribution in [0.2, 0.25) is 0 Å². The summed E-state index contributed by atoms with van der Waals surface area (Å²) in [4.78, 5) is 13.0. The summed E-state index contributed by atoms with van der Waals surface area (Å²) in [5, 5.41) is 5.99. The zero-order chi connectivity index (χ0) is 13.8. The van der Waals surface area contributed by atoms with E-state index in [9.17, 15) is 4.79 Å². The fraction of sp³-hybridized carbons (Fsp3) is 0.200. The van der Waals surface area contributed by atoms with Crippen LogP contribution in [0.25, 0.3) is 0 Å². The van der Waals surface area contributed by atoms with E-state index in [2.05, 4.69) is 10.5 Å². The highest BCUT2D eigenvalue weighted by Crippen LogP contribution is 2.12. The van der Waals surface area contributed by atoms with E-state index in [0.717, 1.165) is 16.0 Å². The summed E-state index contributed by atoms with van der Waals surface area (Å²) in [7, 11) is 0. The highest BCUT2D eigenvalue weighted by molar-refractivity contribution is 7.11. The maximum atomic E-state index is 11.9. The molecule has 4 heteroatoms. The van der Waals surface area contributed by atoms with E-state index in [1.54, 1.807) is 17.6 Å². The minimum absolute atomic E-state index is 0.187. The molecule has 19 heavy (non-hydrogen) atoms. The molecular formula is C15H16N2OS. The Bertz CT molecular complexity index is 629. The normalized spacial score (nSPS) is 10.9. The Morgan fingerprint density at radius 3 is 2.58 bits per heavy atom. The van der Waals surface area contributed by atoms with Gasteiger partial charge in [0.2, 0.25) is 0 Å². The van der Waals surface area contributed by atoms with E-state index >= 15 is 0 Å². The number of thiophene rings is 1. The molecule has 0 saturated carbocycles. The Kier molecular flexibility index (Phi) is 4.12. The van der Waals surface area contributed by atoms with E-state index in [1.807, 2.05) is 50.4 Å². The topological polar surface area (TPSA) is 41.5 Å². The van der Waals surface area contributed by atoms with Gasteiger partial charge in [0.1, 0.15) is 0 Å². The molecule has 1 aromatic heterocycles. The molecule has 0 spiro atoms. The van der Waals surface area contributed by atoms with E-state index in [1.165, 1.54) is 5.56 Å². The van der Waals surface area contributed by atoms with Gasteiger partial charge in [-0.25, -0.2) is 5.43 Å². The molecule has 1 N–H and O–H groups in total. The molecule has 0 aliphatic carbocycles. The fourth-order valence-electron chi connectivity index (χ4n) is 1.61. The molecule has 0 unspecified atom stereocenters. The van der Waals surface area contributed by atoms with Crippen LogP contribution in [0.5, 0.6) is 0 Å². The van der Waals surface area contributed by atoms with Crippen molar-refractivity contribution in [2.24, 2.45) is 5.10 Å². The molecular weight excluding hydrogens is 256 g/mol. The summed E-state index contributed by atoms with van der Waals surface area (Å²) in [5.74, 6) is -0.187. The van der Waals surface area contributed by atoms with Crippen LogP contribution in [0.4, 0.5) is 0 Å². The number of nitrogens with zero attached hydrogens (tertiary/aromatic N) is 1. The van der Waals surface area contributed by atoms with Gasteiger partial charge in [0.25, 0.3) is 5.91 Å². The van der Waals surface area contributed by atoms with Gasteiger partial charge in [-0.05, 0) is 61.0 Å². The van der Waals surface area contributed by atoms with Gasteiger partial charge in [0.15, 0.2) is 0 Å². The van der Waals surface area contributed by atoms with Crippen molar-refractivity contribution in [3.05, 3.63) is 56.8 Å². The van der Waals surface area contributed by atoms with Gasteiger partial charge >= 0.3 is 0 Å². The van der Waals surface area contributed by atoms with Crippen molar-refractivity contribution in [3.63, 3.8) is 0 Å². The van der Waals surface area contributed by atoms with Gasteiger partial charge in [-0.2, -0.15) is 5.10 Å². The minimum Gasteiger partial charge on any atom is -0.267 e. The molecule has 0 radical (unpaired) electrons. The van der Waals surface area contributed by atoms with Crippen molar-refractivity contribution in [1.29, 1.82) is 0 Å². The zero-order valence-electron chi connectivity index (χ0n) is 11.2. The van der Waals surface area contributed by atoms with Crippen LogP contribution in [0.15, 0.2) is 34.7 Å². The third kappa shape index (κ3) is 3.29. The van der Waals surface area contributed by atoms with E-state index < -0.39 is 0 Å². The van der Waals surface area contributed by atoms with Gasteiger partial charge in [-0.3, -0.25) is 4.79 Å². The Labute approximate surface area is 117 Å². The van der Waals surface area contributed by atoms with Gasteiger partial charge in [0.05, 0.1) is 6.21 Å². The lowest BCUT2D eigenvalue weighted by molar-refractivity contribution is 0.0955. The first kappa shape index (κ1) is 13.5. The van der Waals surface area contributed by atoms with Crippen LogP contribution in [0.1, 0.15) is 31.9 Å². The standard InChI is InChI=1S/C15H16N2OS/c1-10-4-5-13(8-12(10)3)15(18)17-16-9-14-11(2)6-7-19-14/h4-9H,1-3H3,(H,17,18). The molecule has 98 valence electrons. The summed E-state index contributed by atoms with van der Waals surface area (Å²) in [6.07, 6.45) is 1.68. The van der Waals surface area contributed by atoms with Gasteiger partial charge in [-0.1, -0.05) is 6.07 Å². The van der Waals surface area contributed by atoms with E-state index in [4.69, 9.17) is 0 Å². The Morgan fingerprint density at radius 1 is 1.16 bits per heavy atom. The monoisotopic (exact) mass is 272 g/mol. The van der Waals surface area contributed by atoms with Crippen molar-refractivity contribution >= 4 is 23.5 Å². The number of hydrogen-bond donors (Lipinski definition) is 1. The molecule has 0 atom stereocenters. The number of hydrogen-bond acceptors (Lipinski definition) is 3. The number of carbonyl (C=O) groups is 1. The first-order valence-electron chi connectivity index (χ1n) is 6.02. The van der Waals surface area contributed by atoms with Crippen molar-refractivity contribution in [1.82, 2.24) is 5.43 Å². The molecule has 2 aromatic rings. The predicted octanol–water partition coefficient (Wildman–Crippen LogP) is 3.44. The largest absolute Gasteiger partial charge is 0.271 e. The van der Waals surface area contributed by atoms with Crippen LogP contribution in [0.3, 0.4) is 0 Å². The number of carbonyl (C=O) groups excluding carboxylic acids is 1. The average Bonchev–Trinajstić information content (AvgIpc) is 2.78. The second kappa shape index (κ2) is 5.80. The summed E-state index contributed by atoms with van der Waals surface area (Å²) in [6, 6.07) is 7.65. The molecule has 0 fully saturated rings. The van der Waals surface area contributed by atoms with E-state index in [-0.39, 0.29) is 5.91 Å². The molecule has 1 heterocycles. The lowest BCUT2D eigenvalue weighted by Crippen LogP contribution is -2.17. The first-order valence-corrected chi connectivity index (χ1v) is 6.90. The maximum Gasteiger partial charge on any atom is 0.271 e. The third-order valence-electron chi connectivity index (χ3n) is 3.02. The number of nitrogens with one attached hydrogen (secondary N) is 1. The number of benzene rings is 1. The number of hydrazone groups is 1. The highest BCUT2D eigenvalue weighted by Gasteiger charge is 2.05. The summed E-state index contributed by atoms with van der Waals surface area (Å²) in [6.45, 7) is 6.03. The first-order chi connectivity index (χ1) is 9.08. The number of aryl methyl sites for hydroxylation is 3. The quantitative estimate of drug-likeness (QED) is 0.675. The molecule has 3 nitrogen and oxygen atoms in total. The molecule has 1 aromatic carbocycles. The highest BCUT2D eigenvalue weighted by atomic mass is 32.1. The number of rotatable bonds is 3. The molecule has 2 rings (SSSR count). The fourth-order valence-corrected chi connectivity index (χ4v) is 2.40. The Balaban J connectivity index is 2.03. The van der Waals surface area contributed by atoms with Crippen LogP contribution in [-0.4, -0.2) is 12.1 Å². The van der Waals surface area contributed by atoms with Crippen LogP contribution in [0, 0.1) is 20.8 Å². The third-order valence-corrected chi connectivity index (χ3v) is 3.97. The van der Waals surface area contributed by atoms with Crippen molar-refractivity contribution in [3.8, 4) is 0 Å². The molecule has 1 amide bonds. The second-order valence-electron chi connectivity index (χ2n) is 4.47. The maximum absolute atomic E-state index is 11.9. The SMILES string of the molecule is Cc1ccc(C(=O)NN=Cc2sccc2C)cc1C. The van der Waals surface area contributed by atoms with Crippen molar-refractivity contribution < 1.29 is 4.79 Å². The van der Waals surface area contributed by atoms with Gasteiger partial charge in [-0.15, -0.1) is 11.3 Å². The Hall–Kier alpha value is -1.94.